The molecule has 0 spiro atoms. The minimum atomic E-state index is -5.92. The third kappa shape index (κ3) is 9.67. The van der Waals surface area contributed by atoms with Gasteiger partial charge in [-0.1, -0.05) is 97.1 Å². The van der Waals surface area contributed by atoms with Crippen LogP contribution < -0.4 is 19.5 Å². The Morgan fingerprint density at radius 2 is 1.30 bits per heavy atom. The first-order chi connectivity index (χ1) is 28.9. The summed E-state index contributed by atoms with van der Waals surface area (Å²) in [4.78, 5) is 39.8. The molecule has 1 aromatic heterocycles. The minimum Gasteiger partial charge on any atom is -0.489 e. The second-order valence-electron chi connectivity index (χ2n) is 13.9. The lowest BCUT2D eigenvalue weighted by Gasteiger charge is -2.14. The number of sulfonamides is 1. The van der Waals surface area contributed by atoms with Crippen molar-refractivity contribution in [2.45, 2.75) is 44.5 Å². The number of alkyl halides is 3. The van der Waals surface area contributed by atoms with Gasteiger partial charge in [0.05, 0.1) is 11.3 Å². The number of fused-ring (bicyclic) bond motifs is 2. The number of hydrogen-bond acceptors (Lipinski definition) is 7. The minimum absolute atomic E-state index is 0.0360. The van der Waals surface area contributed by atoms with Crippen LogP contribution >= 0.6 is 0 Å². The van der Waals surface area contributed by atoms with Gasteiger partial charge in [0.25, 0.3) is 5.91 Å². The zero-order valence-corrected chi connectivity index (χ0v) is 32.8. The van der Waals surface area contributed by atoms with E-state index in [0.717, 1.165) is 38.7 Å². The van der Waals surface area contributed by atoms with Gasteiger partial charge in [0.15, 0.2) is 5.78 Å². The molecule has 306 valence electrons. The second-order valence-corrected chi connectivity index (χ2v) is 15.6. The Balaban J connectivity index is 1.13. The summed E-state index contributed by atoms with van der Waals surface area (Å²) >= 11 is 0. The van der Waals surface area contributed by atoms with E-state index in [-0.39, 0.29) is 24.5 Å². The number of halogens is 3. The van der Waals surface area contributed by atoms with Crippen molar-refractivity contribution >= 4 is 55.0 Å². The predicted molar refractivity (Wildman–Crippen MR) is 222 cm³/mol. The van der Waals surface area contributed by atoms with Crippen LogP contribution in [0.2, 0.25) is 0 Å². The molecule has 0 bridgehead atoms. The molecular formula is C46H38F3N3O7S. The molecule has 0 saturated carbocycles. The lowest BCUT2D eigenvalue weighted by molar-refractivity contribution is -0.116. The third-order valence-electron chi connectivity index (χ3n) is 9.73. The van der Waals surface area contributed by atoms with Gasteiger partial charge in [-0.15, -0.1) is 0 Å². The quantitative estimate of drug-likeness (QED) is 0.0732. The van der Waals surface area contributed by atoms with Crippen molar-refractivity contribution in [3.05, 3.63) is 174 Å². The summed E-state index contributed by atoms with van der Waals surface area (Å²) < 4.78 is 76.8. The Morgan fingerprint density at radius 1 is 0.650 bits per heavy atom. The number of rotatable bonds is 16. The molecule has 7 aromatic rings. The van der Waals surface area contributed by atoms with E-state index < -0.39 is 32.9 Å². The highest BCUT2D eigenvalue weighted by Gasteiger charge is 2.47. The predicted octanol–water partition coefficient (Wildman–Crippen LogP) is 9.57. The number of carbonyl (C=O) groups excluding carboxylic acids is 3. The molecule has 2 amide bonds. The van der Waals surface area contributed by atoms with E-state index in [2.05, 4.69) is 5.32 Å². The van der Waals surface area contributed by atoms with Crippen LogP contribution in [0.1, 0.15) is 56.8 Å². The molecule has 0 saturated heterocycles. The zero-order chi connectivity index (χ0) is 42.3. The number of carbonyl (C=O) groups is 3. The third-order valence-corrected chi connectivity index (χ3v) is 10.8. The Kier molecular flexibility index (Phi) is 12.3. The fourth-order valence-corrected chi connectivity index (χ4v) is 7.25. The number of benzene rings is 6. The summed E-state index contributed by atoms with van der Waals surface area (Å²) in [6, 6.07) is 43.0. The first-order valence-electron chi connectivity index (χ1n) is 18.9. The zero-order valence-electron chi connectivity index (χ0n) is 31.9. The number of aryl methyl sites for hydroxylation is 1. The lowest BCUT2D eigenvalue weighted by atomic mass is 10.00. The van der Waals surface area contributed by atoms with Crippen molar-refractivity contribution in [2.75, 3.05) is 5.32 Å². The van der Waals surface area contributed by atoms with Crippen molar-refractivity contribution in [1.82, 2.24) is 9.29 Å². The number of amides is 2. The molecule has 60 heavy (non-hydrogen) atoms. The maximum absolute atomic E-state index is 14.5. The van der Waals surface area contributed by atoms with Crippen LogP contribution in [0.3, 0.4) is 0 Å². The van der Waals surface area contributed by atoms with Gasteiger partial charge in [0.2, 0.25) is 5.91 Å². The maximum Gasteiger partial charge on any atom is 0.516 e. The number of nitrogens with zero attached hydrogens (tertiary/aromatic N) is 1. The summed E-state index contributed by atoms with van der Waals surface area (Å²) in [5.74, 6) is -0.929. The highest BCUT2D eigenvalue weighted by atomic mass is 32.2. The van der Waals surface area contributed by atoms with Gasteiger partial charge in [-0.2, -0.15) is 21.6 Å². The molecule has 14 heteroatoms. The van der Waals surface area contributed by atoms with Gasteiger partial charge < -0.3 is 19.4 Å². The van der Waals surface area contributed by atoms with Crippen molar-refractivity contribution < 1.29 is 45.4 Å². The Labute approximate surface area is 343 Å². The van der Waals surface area contributed by atoms with Crippen molar-refractivity contribution in [1.29, 1.82) is 0 Å². The normalized spacial score (nSPS) is 11.7. The van der Waals surface area contributed by atoms with Crippen molar-refractivity contribution in [3.8, 4) is 11.5 Å². The van der Waals surface area contributed by atoms with E-state index >= 15 is 0 Å². The molecule has 7 rings (SSSR count). The van der Waals surface area contributed by atoms with E-state index in [1.807, 2.05) is 102 Å². The van der Waals surface area contributed by atoms with E-state index in [0.29, 0.717) is 59.7 Å². The maximum atomic E-state index is 14.5. The van der Waals surface area contributed by atoms with Crippen LogP contribution in [0.15, 0.2) is 146 Å². The number of ether oxygens (including phenoxy) is 2. The highest BCUT2D eigenvalue weighted by molar-refractivity contribution is 7.90. The lowest BCUT2D eigenvalue weighted by Crippen LogP contribution is -2.40. The van der Waals surface area contributed by atoms with E-state index in [1.54, 1.807) is 24.3 Å². The largest absolute Gasteiger partial charge is 0.516 e. The van der Waals surface area contributed by atoms with E-state index in [4.69, 9.17) is 9.47 Å². The van der Waals surface area contributed by atoms with Crippen molar-refractivity contribution in [3.63, 3.8) is 0 Å². The highest BCUT2D eigenvalue weighted by Crippen LogP contribution is 2.34. The van der Waals surface area contributed by atoms with Gasteiger partial charge in [-0.3, -0.25) is 14.4 Å². The SMILES string of the molecule is O=C(CCCCn1c(COc2ccc3ccccc3c2)c(C(=O)c2ccccc2)c2cc(OCc3ccccc3)ccc21)Nc1cccc(C(=O)NS(=O)(=O)C(F)(F)F)c1. The van der Waals surface area contributed by atoms with Crippen LogP contribution in [0.25, 0.3) is 21.7 Å². The number of hydrogen-bond donors (Lipinski definition) is 2. The molecule has 0 aliphatic heterocycles. The van der Waals surface area contributed by atoms with Gasteiger partial charge in [0, 0.05) is 40.7 Å². The van der Waals surface area contributed by atoms with Crippen molar-refractivity contribution in [2.24, 2.45) is 0 Å². The van der Waals surface area contributed by atoms with E-state index in [9.17, 15) is 36.0 Å². The number of anilines is 1. The fourth-order valence-electron chi connectivity index (χ4n) is 6.77. The van der Waals surface area contributed by atoms with Crippen LogP contribution in [-0.4, -0.2) is 36.1 Å². The van der Waals surface area contributed by atoms with Gasteiger partial charge >= 0.3 is 15.5 Å². The number of ketones is 1. The summed E-state index contributed by atoms with van der Waals surface area (Å²) in [5, 5.41) is 5.34. The number of aromatic nitrogens is 1. The van der Waals surface area contributed by atoms with Crippen LogP contribution in [0, 0.1) is 0 Å². The molecule has 6 aromatic carbocycles. The monoisotopic (exact) mass is 833 g/mol. The van der Waals surface area contributed by atoms with Crippen LogP contribution in [0.5, 0.6) is 11.5 Å². The summed E-state index contributed by atoms with van der Waals surface area (Å²) in [6.45, 7) is 0.776. The molecular weight excluding hydrogens is 796 g/mol. The molecule has 0 aliphatic carbocycles. The molecule has 0 atom stereocenters. The van der Waals surface area contributed by atoms with Gasteiger partial charge in [-0.05, 0) is 77.7 Å². The average Bonchev–Trinajstić information content (AvgIpc) is 3.55. The number of nitrogens with one attached hydrogen (secondary N) is 2. The molecule has 0 radical (unpaired) electrons. The fraction of sp³-hybridized carbons (Fsp3) is 0.152. The number of unbranched alkanes of at least 4 members (excludes halogenated alkanes) is 1. The first-order valence-corrected chi connectivity index (χ1v) is 20.4. The second kappa shape index (κ2) is 17.9. The molecule has 1 heterocycles. The summed E-state index contributed by atoms with van der Waals surface area (Å²) in [5.41, 5.74) is -2.62. The molecule has 10 nitrogen and oxygen atoms in total. The van der Waals surface area contributed by atoms with Crippen LogP contribution in [0.4, 0.5) is 18.9 Å². The van der Waals surface area contributed by atoms with Crippen LogP contribution in [-0.2, 0) is 34.6 Å². The Morgan fingerprint density at radius 3 is 2.05 bits per heavy atom. The molecule has 2 N–H and O–H groups in total. The van der Waals surface area contributed by atoms with Gasteiger partial charge in [-0.25, -0.2) is 4.72 Å². The Bertz CT molecular complexity index is 2790. The summed E-state index contributed by atoms with van der Waals surface area (Å²) in [7, 11) is -5.92. The molecule has 0 unspecified atom stereocenters. The topological polar surface area (TPSA) is 133 Å². The molecule has 0 aliphatic rings. The standard InChI is InChI=1S/C46H38F3N3O7S/c47-46(48,49)60(56,57)51-45(55)35-18-11-19-36(26-35)50-42(53)20-9-10-25-52-40-24-23-38(58-29-31-12-3-1-4-13-31)28-39(40)43(44(54)33-15-5-2-6-16-33)41(52)30-59-37-22-21-32-14-7-8-17-34(32)27-37/h1-8,11-19,21-24,26-28H,9-10,20,25,29-30H2,(H,50,53)(H,51,55). The first kappa shape index (κ1) is 41.2. The van der Waals surface area contributed by atoms with Gasteiger partial charge in [0.1, 0.15) is 24.7 Å². The summed E-state index contributed by atoms with van der Waals surface area (Å²) in [6.07, 6.45) is 0.915. The smallest absolute Gasteiger partial charge is 0.489 e. The Hall–Kier alpha value is -6.93. The average molecular weight is 834 g/mol. The van der Waals surface area contributed by atoms with E-state index in [1.165, 1.54) is 12.1 Å². The molecule has 0 fully saturated rings.